The molecule has 3 N–H and O–H groups in total. The highest BCUT2D eigenvalue weighted by Gasteiger charge is 2.21. The number of nitrogens with zero attached hydrogens (tertiary/aromatic N) is 1. The third kappa shape index (κ3) is 2.10. The number of pyridine rings is 1. The highest BCUT2D eigenvalue weighted by Crippen LogP contribution is 2.17. The van der Waals surface area contributed by atoms with Crippen molar-refractivity contribution in [2.75, 3.05) is 6.26 Å². The molecule has 1 unspecified atom stereocenters. The molecule has 1 rings (SSSR count). The Bertz CT molecular complexity index is 572. The lowest BCUT2D eigenvalue weighted by atomic mass is 10.3. The first-order chi connectivity index (χ1) is 7.16. The lowest BCUT2D eigenvalue weighted by Crippen LogP contribution is -2.32. The molecule has 0 aliphatic rings. The van der Waals surface area contributed by atoms with Crippen LogP contribution in [0.4, 0.5) is 0 Å². The summed E-state index contributed by atoms with van der Waals surface area (Å²) < 4.78 is 23.7. The lowest BCUT2D eigenvalue weighted by Gasteiger charge is -2.14. The summed E-state index contributed by atoms with van der Waals surface area (Å²) in [5, 5.41) is 9.52. The number of rotatable bonds is 2. The van der Waals surface area contributed by atoms with Crippen LogP contribution in [0.1, 0.15) is 18.7 Å². The van der Waals surface area contributed by atoms with Gasteiger partial charge in [0.2, 0.25) is 0 Å². The normalized spacial score (nSPS) is 13.8. The first kappa shape index (κ1) is 12.7. The van der Waals surface area contributed by atoms with Gasteiger partial charge in [-0.05, 0) is 19.4 Å². The molecular formula is C9H14N2O4S. The maximum Gasteiger partial charge on any atom is 0.273 e. The summed E-state index contributed by atoms with van der Waals surface area (Å²) >= 11 is 0. The largest absolute Gasteiger partial charge is 0.494 e. The van der Waals surface area contributed by atoms with Gasteiger partial charge in [0, 0.05) is 12.3 Å². The van der Waals surface area contributed by atoms with Gasteiger partial charge in [0.05, 0.1) is 6.17 Å². The van der Waals surface area contributed by atoms with Gasteiger partial charge in [-0.15, -0.1) is 0 Å². The van der Waals surface area contributed by atoms with Gasteiger partial charge in [0.15, 0.2) is 15.7 Å². The molecule has 7 heteroatoms. The minimum Gasteiger partial charge on any atom is -0.494 e. The van der Waals surface area contributed by atoms with E-state index in [-0.39, 0.29) is 16.3 Å². The van der Waals surface area contributed by atoms with E-state index in [1.807, 2.05) is 0 Å². The van der Waals surface area contributed by atoms with Crippen LogP contribution >= 0.6 is 0 Å². The zero-order valence-electron chi connectivity index (χ0n) is 9.26. The Labute approximate surface area is 93.2 Å². The number of sulfone groups is 1. The Kier molecular flexibility index (Phi) is 3.11. The van der Waals surface area contributed by atoms with Crippen LogP contribution in [0, 0.1) is 6.92 Å². The quantitative estimate of drug-likeness (QED) is 0.748. The van der Waals surface area contributed by atoms with Gasteiger partial charge in [0.1, 0.15) is 4.90 Å². The molecule has 0 aromatic carbocycles. The van der Waals surface area contributed by atoms with E-state index >= 15 is 0 Å². The average molecular weight is 246 g/mol. The van der Waals surface area contributed by atoms with Crippen LogP contribution in [0.2, 0.25) is 0 Å². The second kappa shape index (κ2) is 3.91. The summed E-state index contributed by atoms with van der Waals surface area (Å²) in [6, 6.07) is 1.21. The van der Waals surface area contributed by atoms with Crippen molar-refractivity contribution < 1.29 is 13.5 Å². The van der Waals surface area contributed by atoms with Crippen molar-refractivity contribution in [2.24, 2.45) is 5.73 Å². The Morgan fingerprint density at radius 3 is 2.38 bits per heavy atom. The van der Waals surface area contributed by atoms with Gasteiger partial charge < -0.3 is 10.8 Å². The van der Waals surface area contributed by atoms with E-state index in [4.69, 9.17) is 5.73 Å². The lowest BCUT2D eigenvalue weighted by molar-refractivity contribution is 0.378. The van der Waals surface area contributed by atoms with E-state index in [0.717, 1.165) is 10.8 Å². The third-order valence-electron chi connectivity index (χ3n) is 2.14. The molecule has 1 aromatic rings. The van der Waals surface area contributed by atoms with Crippen LogP contribution in [0.3, 0.4) is 0 Å². The first-order valence-corrected chi connectivity index (χ1v) is 6.46. The van der Waals surface area contributed by atoms with Crippen molar-refractivity contribution in [2.45, 2.75) is 24.9 Å². The number of aryl methyl sites for hydroxylation is 1. The maximum absolute atomic E-state index is 11.8. The van der Waals surface area contributed by atoms with Gasteiger partial charge in [-0.2, -0.15) is 0 Å². The molecule has 1 aromatic heterocycles. The Balaban J connectivity index is 3.80. The summed E-state index contributed by atoms with van der Waals surface area (Å²) in [5.41, 5.74) is 4.90. The zero-order chi connectivity index (χ0) is 12.7. The highest BCUT2D eigenvalue weighted by molar-refractivity contribution is 7.90. The summed E-state index contributed by atoms with van der Waals surface area (Å²) in [5.74, 6) is -0.343. The third-order valence-corrected chi connectivity index (χ3v) is 3.38. The predicted molar refractivity (Wildman–Crippen MR) is 59.1 cm³/mol. The molecule has 0 radical (unpaired) electrons. The molecule has 0 spiro atoms. The predicted octanol–water partition coefficient (Wildman–Crippen LogP) is -0.257. The second-order valence-corrected chi connectivity index (χ2v) is 5.66. The molecule has 16 heavy (non-hydrogen) atoms. The maximum atomic E-state index is 11.8. The second-order valence-electron chi connectivity index (χ2n) is 3.70. The van der Waals surface area contributed by atoms with Crippen LogP contribution in [0.25, 0.3) is 0 Å². The number of hydrogen-bond acceptors (Lipinski definition) is 5. The first-order valence-electron chi connectivity index (χ1n) is 4.57. The Hall–Kier alpha value is -1.34. The molecule has 0 bridgehead atoms. The summed E-state index contributed by atoms with van der Waals surface area (Å²) in [6.45, 7) is 2.92. The fourth-order valence-corrected chi connectivity index (χ4v) is 2.61. The molecule has 0 fully saturated rings. The van der Waals surface area contributed by atoms with Crippen molar-refractivity contribution in [3.05, 3.63) is 22.0 Å². The van der Waals surface area contributed by atoms with E-state index in [2.05, 4.69) is 0 Å². The van der Waals surface area contributed by atoms with Crippen LogP contribution in [0.15, 0.2) is 15.8 Å². The highest BCUT2D eigenvalue weighted by atomic mass is 32.2. The number of nitrogens with two attached hydrogens (primary N) is 1. The van der Waals surface area contributed by atoms with Gasteiger partial charge in [-0.25, -0.2) is 8.42 Å². The van der Waals surface area contributed by atoms with Crippen LogP contribution in [-0.2, 0) is 9.84 Å². The van der Waals surface area contributed by atoms with Gasteiger partial charge in [0.25, 0.3) is 5.56 Å². The molecule has 1 heterocycles. The van der Waals surface area contributed by atoms with Crippen molar-refractivity contribution in [3.63, 3.8) is 0 Å². The molecular weight excluding hydrogens is 232 g/mol. The van der Waals surface area contributed by atoms with Gasteiger partial charge in [-0.1, -0.05) is 0 Å². The van der Waals surface area contributed by atoms with Crippen LogP contribution in [0.5, 0.6) is 5.88 Å². The average Bonchev–Trinajstić information content (AvgIpc) is 1.97. The minimum atomic E-state index is -3.64. The van der Waals surface area contributed by atoms with E-state index in [1.54, 1.807) is 0 Å². The molecule has 0 aliphatic heterocycles. The fourth-order valence-electron chi connectivity index (χ4n) is 1.56. The SMILES string of the molecule is Cc1cc(O)n(C(C)N)c(=O)c1S(C)(=O)=O. The van der Waals surface area contributed by atoms with Crippen molar-refractivity contribution in [1.29, 1.82) is 0 Å². The van der Waals surface area contributed by atoms with Crippen LogP contribution < -0.4 is 11.3 Å². The number of aromatic hydroxyl groups is 1. The fraction of sp³-hybridized carbons (Fsp3) is 0.444. The summed E-state index contributed by atoms with van der Waals surface area (Å²) in [6.07, 6.45) is 0.146. The minimum absolute atomic E-state index is 0.210. The monoisotopic (exact) mass is 246 g/mol. The molecule has 0 saturated carbocycles. The molecule has 1 atom stereocenters. The van der Waals surface area contributed by atoms with Crippen molar-refractivity contribution in [1.82, 2.24) is 4.57 Å². The van der Waals surface area contributed by atoms with E-state index < -0.39 is 21.6 Å². The van der Waals surface area contributed by atoms with E-state index in [0.29, 0.717) is 0 Å². The zero-order valence-corrected chi connectivity index (χ0v) is 10.1. The van der Waals surface area contributed by atoms with Crippen molar-refractivity contribution in [3.8, 4) is 5.88 Å². The Morgan fingerprint density at radius 2 is 2.00 bits per heavy atom. The standard InChI is InChI=1S/C9H14N2O4S/c1-5-4-7(12)11(6(2)10)9(13)8(5)16(3,14)15/h4,6,12H,10H2,1-3H3. The molecule has 0 saturated heterocycles. The molecule has 6 nitrogen and oxygen atoms in total. The number of hydrogen-bond donors (Lipinski definition) is 2. The smallest absolute Gasteiger partial charge is 0.273 e. The molecule has 90 valence electrons. The number of aromatic nitrogens is 1. The van der Waals surface area contributed by atoms with E-state index in [9.17, 15) is 18.3 Å². The van der Waals surface area contributed by atoms with E-state index in [1.165, 1.54) is 19.9 Å². The molecule has 0 amide bonds. The topological polar surface area (TPSA) is 102 Å². The Morgan fingerprint density at radius 1 is 1.50 bits per heavy atom. The summed E-state index contributed by atoms with van der Waals surface area (Å²) in [7, 11) is -3.64. The summed E-state index contributed by atoms with van der Waals surface area (Å²) in [4.78, 5) is 11.5. The van der Waals surface area contributed by atoms with Gasteiger partial charge in [-0.3, -0.25) is 9.36 Å². The van der Waals surface area contributed by atoms with Crippen molar-refractivity contribution >= 4 is 9.84 Å². The van der Waals surface area contributed by atoms with Gasteiger partial charge >= 0.3 is 0 Å². The molecule has 0 aliphatic carbocycles. The van der Waals surface area contributed by atoms with Crippen LogP contribution in [-0.4, -0.2) is 24.3 Å².